The van der Waals surface area contributed by atoms with Gasteiger partial charge < -0.3 is 19.9 Å². The van der Waals surface area contributed by atoms with Crippen LogP contribution in [-0.2, 0) is 11.2 Å². The minimum absolute atomic E-state index is 0.104. The Balaban J connectivity index is 1.60. The van der Waals surface area contributed by atoms with Crippen molar-refractivity contribution in [2.24, 2.45) is 0 Å². The fourth-order valence-electron chi connectivity index (χ4n) is 2.74. The lowest BCUT2D eigenvalue weighted by atomic mass is 10.1. The SMILES string of the molecule is COc1ccc(CC(=O)Nc2cc(N3CCN(C)CC3)ncn2)cc1. The van der Waals surface area contributed by atoms with E-state index in [9.17, 15) is 4.79 Å². The summed E-state index contributed by atoms with van der Waals surface area (Å²) in [6.07, 6.45) is 1.79. The van der Waals surface area contributed by atoms with E-state index >= 15 is 0 Å². The van der Waals surface area contributed by atoms with Crippen LogP contribution in [0.1, 0.15) is 5.56 Å². The van der Waals surface area contributed by atoms with Crippen LogP contribution in [0.15, 0.2) is 36.7 Å². The molecule has 1 saturated heterocycles. The summed E-state index contributed by atoms with van der Waals surface area (Å²) < 4.78 is 5.12. The van der Waals surface area contributed by atoms with E-state index in [0.717, 1.165) is 43.3 Å². The number of rotatable bonds is 5. The second-order valence-electron chi connectivity index (χ2n) is 6.12. The monoisotopic (exact) mass is 341 g/mol. The first-order chi connectivity index (χ1) is 12.1. The molecular weight excluding hydrogens is 318 g/mol. The van der Waals surface area contributed by atoms with Gasteiger partial charge in [0.25, 0.3) is 0 Å². The summed E-state index contributed by atoms with van der Waals surface area (Å²) in [5.74, 6) is 2.05. The van der Waals surface area contributed by atoms with E-state index in [1.165, 1.54) is 6.33 Å². The predicted octanol–water partition coefficient (Wildman–Crippen LogP) is 1.42. The zero-order valence-corrected chi connectivity index (χ0v) is 14.6. The largest absolute Gasteiger partial charge is 0.497 e. The summed E-state index contributed by atoms with van der Waals surface area (Å²) in [5.41, 5.74) is 0.923. The molecule has 7 heteroatoms. The molecule has 7 nitrogen and oxygen atoms in total. The van der Waals surface area contributed by atoms with Crippen LogP contribution in [0.4, 0.5) is 11.6 Å². The van der Waals surface area contributed by atoms with Crippen LogP contribution < -0.4 is 15.0 Å². The molecule has 0 saturated carbocycles. The number of methoxy groups -OCH3 is 1. The number of hydrogen-bond donors (Lipinski definition) is 1. The van der Waals surface area contributed by atoms with E-state index in [4.69, 9.17) is 4.74 Å². The molecule has 3 rings (SSSR count). The van der Waals surface area contributed by atoms with Gasteiger partial charge in [0.05, 0.1) is 13.5 Å². The van der Waals surface area contributed by atoms with Crippen LogP contribution in [0.2, 0.25) is 0 Å². The molecule has 1 N–H and O–H groups in total. The van der Waals surface area contributed by atoms with E-state index < -0.39 is 0 Å². The Morgan fingerprint density at radius 1 is 1.16 bits per heavy atom. The summed E-state index contributed by atoms with van der Waals surface area (Å²) in [7, 11) is 3.73. The predicted molar refractivity (Wildman–Crippen MR) is 97.1 cm³/mol. The average Bonchev–Trinajstić information content (AvgIpc) is 2.63. The van der Waals surface area contributed by atoms with Gasteiger partial charge in [-0.2, -0.15) is 0 Å². The standard InChI is InChI=1S/C18H23N5O2/c1-22-7-9-23(10-8-22)17-12-16(19-13-20-17)21-18(24)11-14-3-5-15(25-2)6-4-14/h3-6,12-13H,7-11H2,1-2H3,(H,19,20,21,24). The first-order valence-corrected chi connectivity index (χ1v) is 8.32. The maximum absolute atomic E-state index is 12.2. The molecule has 25 heavy (non-hydrogen) atoms. The number of aromatic nitrogens is 2. The van der Waals surface area contributed by atoms with Gasteiger partial charge in [-0.15, -0.1) is 0 Å². The van der Waals surface area contributed by atoms with Gasteiger partial charge in [0.1, 0.15) is 23.7 Å². The molecule has 2 aromatic rings. The molecule has 2 heterocycles. The Kier molecular flexibility index (Phi) is 5.45. The van der Waals surface area contributed by atoms with Crippen molar-refractivity contribution < 1.29 is 9.53 Å². The highest BCUT2D eigenvalue weighted by Crippen LogP contribution is 2.16. The first kappa shape index (κ1) is 17.2. The molecule has 1 fully saturated rings. The zero-order valence-electron chi connectivity index (χ0n) is 14.6. The van der Waals surface area contributed by atoms with Gasteiger partial charge in [0.2, 0.25) is 5.91 Å². The number of carbonyl (C=O) groups excluding carboxylic acids is 1. The molecule has 0 unspecified atom stereocenters. The van der Waals surface area contributed by atoms with Gasteiger partial charge in [-0.1, -0.05) is 12.1 Å². The highest BCUT2D eigenvalue weighted by atomic mass is 16.5. The third kappa shape index (κ3) is 4.67. The number of likely N-dealkylation sites (N-methyl/N-ethyl adjacent to an activating group) is 1. The Bertz CT molecular complexity index is 712. The second kappa shape index (κ2) is 7.94. The molecule has 1 aliphatic rings. The molecule has 0 radical (unpaired) electrons. The number of piperazine rings is 1. The van der Waals surface area contributed by atoms with Crippen molar-refractivity contribution in [2.75, 3.05) is 50.6 Å². The Morgan fingerprint density at radius 3 is 2.56 bits per heavy atom. The smallest absolute Gasteiger partial charge is 0.229 e. The average molecular weight is 341 g/mol. The normalized spacial score (nSPS) is 15.0. The number of anilines is 2. The third-order valence-electron chi connectivity index (χ3n) is 4.27. The summed E-state index contributed by atoms with van der Waals surface area (Å²) in [6.45, 7) is 3.85. The second-order valence-corrected chi connectivity index (χ2v) is 6.12. The summed E-state index contributed by atoms with van der Waals surface area (Å²) in [6, 6.07) is 9.29. The van der Waals surface area contributed by atoms with Crippen molar-refractivity contribution >= 4 is 17.5 Å². The van der Waals surface area contributed by atoms with Crippen LogP contribution in [0, 0.1) is 0 Å². The van der Waals surface area contributed by atoms with Crippen molar-refractivity contribution in [2.45, 2.75) is 6.42 Å². The quantitative estimate of drug-likeness (QED) is 0.887. The topological polar surface area (TPSA) is 70.6 Å². The number of benzene rings is 1. The molecule has 0 atom stereocenters. The van der Waals surface area contributed by atoms with Crippen molar-refractivity contribution in [3.05, 3.63) is 42.2 Å². The fourth-order valence-corrected chi connectivity index (χ4v) is 2.74. The van der Waals surface area contributed by atoms with E-state index in [-0.39, 0.29) is 12.3 Å². The molecule has 0 bridgehead atoms. The number of carbonyl (C=O) groups is 1. The van der Waals surface area contributed by atoms with Crippen molar-refractivity contribution in [1.82, 2.24) is 14.9 Å². The van der Waals surface area contributed by atoms with Crippen molar-refractivity contribution in [3.63, 3.8) is 0 Å². The molecular formula is C18H23N5O2. The van der Waals surface area contributed by atoms with Crippen LogP contribution in [0.5, 0.6) is 5.75 Å². The number of hydrogen-bond acceptors (Lipinski definition) is 6. The molecule has 0 spiro atoms. The molecule has 0 aliphatic carbocycles. The van der Waals surface area contributed by atoms with E-state index in [0.29, 0.717) is 5.82 Å². The van der Waals surface area contributed by atoms with Gasteiger partial charge in [0, 0.05) is 32.2 Å². The van der Waals surface area contributed by atoms with Gasteiger partial charge in [-0.25, -0.2) is 9.97 Å². The van der Waals surface area contributed by atoms with Crippen LogP contribution in [0.3, 0.4) is 0 Å². The molecule has 132 valence electrons. The number of nitrogens with zero attached hydrogens (tertiary/aromatic N) is 4. The van der Waals surface area contributed by atoms with Crippen molar-refractivity contribution in [3.8, 4) is 5.75 Å². The minimum atomic E-state index is -0.104. The van der Waals surface area contributed by atoms with E-state index in [1.807, 2.05) is 30.3 Å². The summed E-state index contributed by atoms with van der Waals surface area (Å²) in [4.78, 5) is 25.2. The maximum Gasteiger partial charge on any atom is 0.229 e. The van der Waals surface area contributed by atoms with Crippen LogP contribution in [-0.4, -0.2) is 61.1 Å². The highest BCUT2D eigenvalue weighted by Gasteiger charge is 2.16. The maximum atomic E-state index is 12.2. The molecule has 1 aromatic carbocycles. The Labute approximate surface area is 147 Å². The molecule has 1 aromatic heterocycles. The number of nitrogens with one attached hydrogen (secondary N) is 1. The van der Waals surface area contributed by atoms with E-state index in [1.54, 1.807) is 7.11 Å². The minimum Gasteiger partial charge on any atom is -0.497 e. The lowest BCUT2D eigenvalue weighted by Gasteiger charge is -2.33. The highest BCUT2D eigenvalue weighted by molar-refractivity contribution is 5.91. The molecule has 1 aliphatic heterocycles. The summed E-state index contributed by atoms with van der Waals surface area (Å²) in [5, 5.41) is 2.85. The first-order valence-electron chi connectivity index (χ1n) is 8.32. The van der Waals surface area contributed by atoms with Crippen LogP contribution in [0.25, 0.3) is 0 Å². The van der Waals surface area contributed by atoms with Crippen molar-refractivity contribution in [1.29, 1.82) is 0 Å². The third-order valence-corrected chi connectivity index (χ3v) is 4.27. The van der Waals surface area contributed by atoms with Gasteiger partial charge in [0.15, 0.2) is 0 Å². The lowest BCUT2D eigenvalue weighted by molar-refractivity contribution is -0.115. The van der Waals surface area contributed by atoms with Crippen LogP contribution >= 0.6 is 0 Å². The van der Waals surface area contributed by atoms with Gasteiger partial charge in [-0.05, 0) is 24.7 Å². The fraction of sp³-hybridized carbons (Fsp3) is 0.389. The van der Waals surface area contributed by atoms with Gasteiger partial charge >= 0.3 is 0 Å². The van der Waals surface area contributed by atoms with Gasteiger partial charge in [-0.3, -0.25) is 4.79 Å². The summed E-state index contributed by atoms with van der Waals surface area (Å²) >= 11 is 0. The van der Waals surface area contributed by atoms with E-state index in [2.05, 4.69) is 32.1 Å². The number of amides is 1. The lowest BCUT2D eigenvalue weighted by Crippen LogP contribution is -2.44. The Hall–Kier alpha value is -2.67. The molecule has 1 amide bonds. The number of ether oxygens (including phenoxy) is 1. The zero-order chi connectivity index (χ0) is 17.6. The Morgan fingerprint density at radius 2 is 1.88 bits per heavy atom.